The molecule has 1 aliphatic carbocycles. The van der Waals surface area contributed by atoms with E-state index >= 15 is 0 Å². The number of phosphoric acid groups is 1. The number of anilines is 2. The summed E-state index contributed by atoms with van der Waals surface area (Å²) in [6.07, 6.45) is 1.12. The first-order chi connectivity index (χ1) is 14.3. The molecule has 2 aromatic rings. The van der Waals surface area contributed by atoms with Gasteiger partial charge in [-0.3, -0.25) is 13.6 Å². The molecule has 13 nitrogen and oxygen atoms in total. The summed E-state index contributed by atoms with van der Waals surface area (Å²) >= 11 is 0. The lowest BCUT2D eigenvalue weighted by Crippen LogP contribution is -2.43. The van der Waals surface area contributed by atoms with Crippen molar-refractivity contribution in [3.05, 3.63) is 6.33 Å². The van der Waals surface area contributed by atoms with Crippen molar-refractivity contribution >= 4 is 30.8 Å². The van der Waals surface area contributed by atoms with Crippen molar-refractivity contribution in [1.82, 2.24) is 19.5 Å². The number of aliphatic hydroxyl groups is 1. The number of aromatic nitrogens is 4. The number of rotatable bonds is 3. The highest BCUT2D eigenvalue weighted by Crippen LogP contribution is 2.53. The van der Waals surface area contributed by atoms with Crippen LogP contribution in [0.3, 0.4) is 0 Å². The maximum Gasteiger partial charge on any atom is 0.472 e. The number of nitrogen functional groups attached to an aromatic ring is 1. The molecule has 0 radical (unpaired) electrons. The van der Waals surface area contributed by atoms with Crippen LogP contribution in [0.2, 0.25) is 0 Å². The van der Waals surface area contributed by atoms with Crippen LogP contribution < -0.4 is 16.8 Å². The van der Waals surface area contributed by atoms with E-state index in [0.29, 0.717) is 17.1 Å². The summed E-state index contributed by atoms with van der Waals surface area (Å²) in [4.78, 5) is 22.4. The van der Waals surface area contributed by atoms with Gasteiger partial charge < -0.3 is 31.5 Å². The van der Waals surface area contributed by atoms with Crippen molar-refractivity contribution < 1.29 is 28.3 Å². The Morgan fingerprint density at radius 2 is 2.10 bits per heavy atom. The van der Waals surface area contributed by atoms with E-state index in [-0.39, 0.29) is 24.5 Å². The molecule has 14 heteroatoms. The van der Waals surface area contributed by atoms with Gasteiger partial charge in [-0.05, 0) is 12.8 Å². The Morgan fingerprint density at radius 1 is 1.30 bits per heavy atom. The number of imidazole rings is 1. The Hall–Kier alpha value is -1.86. The number of fused-ring (bicyclic) bond motifs is 2. The highest BCUT2D eigenvalue weighted by Gasteiger charge is 2.53. The zero-order valence-corrected chi connectivity index (χ0v) is 16.9. The van der Waals surface area contributed by atoms with Gasteiger partial charge in [0.25, 0.3) is 0 Å². The third-order valence-corrected chi connectivity index (χ3v) is 6.85. The molecular weight excluding hydrogens is 417 g/mol. The molecule has 1 unspecified atom stereocenters. The van der Waals surface area contributed by atoms with Gasteiger partial charge in [0, 0.05) is 12.1 Å². The number of nitrogens with two attached hydrogens (primary N) is 2. The third kappa shape index (κ3) is 3.36. The first-order valence-electron chi connectivity index (χ1n) is 9.84. The lowest BCUT2D eigenvalue weighted by atomic mass is 9.91. The summed E-state index contributed by atoms with van der Waals surface area (Å²) < 4.78 is 29.2. The third-order valence-electron chi connectivity index (χ3n) is 5.86. The fraction of sp³-hybridized carbons (Fsp3) is 0.688. The maximum atomic E-state index is 11.8. The normalized spacial score (nSPS) is 39.2. The van der Waals surface area contributed by atoms with E-state index in [1.807, 2.05) is 0 Å². The van der Waals surface area contributed by atoms with Crippen molar-refractivity contribution in [2.24, 2.45) is 5.73 Å². The fourth-order valence-electron chi connectivity index (χ4n) is 4.32. The number of ether oxygens (including phenoxy) is 1. The number of aliphatic hydroxyl groups excluding tert-OH is 1. The summed E-state index contributed by atoms with van der Waals surface area (Å²) in [5.41, 5.74) is 13.0. The topological polar surface area (TPSA) is 193 Å². The number of hydrogen-bond donors (Lipinski definition) is 5. The Morgan fingerprint density at radius 3 is 2.90 bits per heavy atom. The number of phosphoric ester groups is 1. The first kappa shape index (κ1) is 20.1. The zero-order chi connectivity index (χ0) is 21.0. The van der Waals surface area contributed by atoms with Crippen LogP contribution in [0.1, 0.15) is 31.9 Å². The Labute approximate surface area is 171 Å². The Bertz CT molecular complexity index is 1000. The Kier molecular flexibility index (Phi) is 4.93. The minimum absolute atomic E-state index is 0.0263. The molecule has 0 spiro atoms. The van der Waals surface area contributed by atoms with E-state index in [2.05, 4.69) is 20.3 Å². The standard InChI is InChI=1S/C16H24N7O6P/c17-7-3-1-2-4-8(7)21-16-22-10-13(18)19-6-20-14(10)23(16)15-11(24)12-9(28-15)5-27-30(25,26)29-12/h6-9,11-12,15,24H,1-5,17H2,(H,21,22)(H,25,26)(H2,18,19,20)/t7-,8-,9+,11+,12+,15+/m0/s1. The van der Waals surface area contributed by atoms with Gasteiger partial charge in [0.15, 0.2) is 23.2 Å². The molecule has 2 saturated heterocycles. The highest BCUT2D eigenvalue weighted by atomic mass is 31.2. The smallest absolute Gasteiger partial charge is 0.386 e. The van der Waals surface area contributed by atoms with Crippen LogP contribution in [-0.4, -0.2) is 66.5 Å². The van der Waals surface area contributed by atoms with Crippen molar-refractivity contribution in [2.45, 2.75) is 62.3 Å². The second-order valence-corrected chi connectivity index (χ2v) is 9.23. The summed E-state index contributed by atoms with van der Waals surface area (Å²) in [6.45, 7) is -0.188. The van der Waals surface area contributed by atoms with Crippen LogP contribution in [0, 0.1) is 0 Å². The molecule has 3 aliphatic rings. The van der Waals surface area contributed by atoms with Gasteiger partial charge in [0.1, 0.15) is 24.6 Å². The zero-order valence-electron chi connectivity index (χ0n) is 16.0. The van der Waals surface area contributed by atoms with E-state index in [1.54, 1.807) is 4.57 Å². The lowest BCUT2D eigenvalue weighted by Gasteiger charge is -2.30. The predicted octanol–water partition coefficient (Wildman–Crippen LogP) is -0.136. The van der Waals surface area contributed by atoms with Gasteiger partial charge in [-0.25, -0.2) is 19.5 Å². The number of nitrogens with one attached hydrogen (secondary N) is 1. The summed E-state index contributed by atoms with van der Waals surface area (Å²) in [5.74, 6) is 0.550. The van der Waals surface area contributed by atoms with E-state index < -0.39 is 32.4 Å². The molecule has 1 saturated carbocycles. The van der Waals surface area contributed by atoms with E-state index in [0.717, 1.165) is 25.7 Å². The molecule has 5 rings (SSSR count). The molecular formula is C16H24N7O6P. The SMILES string of the molecule is Nc1ncnc2c1nc(N[C@H]1CCCC[C@@H]1N)n2[C@@H]1O[C@@H]2COP(=O)(O)O[C@H]2[C@H]1O. The summed E-state index contributed by atoms with van der Waals surface area (Å²) in [5, 5.41) is 14.2. The number of hydrogen-bond acceptors (Lipinski definition) is 11. The van der Waals surface area contributed by atoms with Gasteiger partial charge in [-0.15, -0.1) is 0 Å². The van der Waals surface area contributed by atoms with Crippen LogP contribution >= 0.6 is 7.82 Å². The van der Waals surface area contributed by atoms with Crippen LogP contribution in [0.4, 0.5) is 11.8 Å². The van der Waals surface area contributed by atoms with Crippen molar-refractivity contribution in [3.8, 4) is 0 Å². The molecule has 7 atom stereocenters. The maximum absolute atomic E-state index is 11.8. The van der Waals surface area contributed by atoms with Gasteiger partial charge >= 0.3 is 7.82 Å². The molecule has 3 fully saturated rings. The van der Waals surface area contributed by atoms with Crippen molar-refractivity contribution in [1.29, 1.82) is 0 Å². The highest BCUT2D eigenvalue weighted by molar-refractivity contribution is 7.47. The molecule has 30 heavy (non-hydrogen) atoms. The molecule has 4 heterocycles. The van der Waals surface area contributed by atoms with Crippen molar-refractivity contribution in [3.63, 3.8) is 0 Å². The molecule has 2 aromatic heterocycles. The van der Waals surface area contributed by atoms with Crippen LogP contribution in [0.5, 0.6) is 0 Å². The van der Waals surface area contributed by atoms with E-state index in [9.17, 15) is 14.6 Å². The Balaban J connectivity index is 1.54. The predicted molar refractivity (Wildman–Crippen MR) is 104 cm³/mol. The number of nitrogens with zero attached hydrogens (tertiary/aromatic N) is 4. The summed E-state index contributed by atoms with van der Waals surface area (Å²) in [7, 11) is -4.24. The summed E-state index contributed by atoms with van der Waals surface area (Å²) in [6, 6.07) is -0.0778. The monoisotopic (exact) mass is 441 g/mol. The molecule has 0 amide bonds. The quantitative estimate of drug-likeness (QED) is 0.397. The van der Waals surface area contributed by atoms with Gasteiger partial charge in [-0.1, -0.05) is 12.8 Å². The average molecular weight is 441 g/mol. The van der Waals surface area contributed by atoms with Crippen molar-refractivity contribution in [2.75, 3.05) is 17.7 Å². The van der Waals surface area contributed by atoms with E-state index in [1.165, 1.54) is 6.33 Å². The van der Waals surface area contributed by atoms with Gasteiger partial charge in [0.2, 0.25) is 5.95 Å². The van der Waals surface area contributed by atoms with Crippen LogP contribution in [0.15, 0.2) is 6.33 Å². The van der Waals surface area contributed by atoms with Crippen LogP contribution in [-0.2, 0) is 18.3 Å². The average Bonchev–Trinajstić information content (AvgIpc) is 3.21. The lowest BCUT2D eigenvalue weighted by molar-refractivity contribution is -0.0660. The first-order valence-corrected chi connectivity index (χ1v) is 11.3. The van der Waals surface area contributed by atoms with Gasteiger partial charge in [0.05, 0.1) is 6.61 Å². The van der Waals surface area contributed by atoms with Crippen LogP contribution in [0.25, 0.3) is 11.2 Å². The minimum Gasteiger partial charge on any atom is -0.386 e. The second kappa shape index (κ2) is 7.38. The molecule has 164 valence electrons. The second-order valence-electron chi connectivity index (χ2n) is 7.83. The molecule has 2 aliphatic heterocycles. The molecule has 0 aromatic carbocycles. The fourth-order valence-corrected chi connectivity index (χ4v) is 5.29. The molecule has 7 N–H and O–H groups in total. The molecule has 0 bridgehead atoms. The minimum atomic E-state index is -4.24. The van der Waals surface area contributed by atoms with Gasteiger partial charge in [-0.2, -0.15) is 0 Å². The van der Waals surface area contributed by atoms with E-state index in [4.69, 9.17) is 25.3 Å². The largest absolute Gasteiger partial charge is 0.472 e.